The van der Waals surface area contributed by atoms with Gasteiger partial charge >= 0.3 is 6.18 Å². The third-order valence-corrected chi connectivity index (χ3v) is 7.69. The lowest BCUT2D eigenvalue weighted by atomic mass is 9.86. The summed E-state index contributed by atoms with van der Waals surface area (Å²) in [6.45, 7) is 0.413. The molecule has 0 bridgehead atoms. The number of carbonyl (C=O) groups excluding carboxylic acids is 2. The summed E-state index contributed by atoms with van der Waals surface area (Å²) in [6, 6.07) is 9.67. The molecule has 236 valence electrons. The number of hydrogen-bond acceptors (Lipinski definition) is 4. The summed E-state index contributed by atoms with van der Waals surface area (Å²) in [5.41, 5.74) is -1.20. The maximum Gasteiger partial charge on any atom is 0.435 e. The fourth-order valence-electron chi connectivity index (χ4n) is 5.73. The summed E-state index contributed by atoms with van der Waals surface area (Å²) in [7, 11) is 0. The number of fused-ring (bicyclic) bond motifs is 1. The molecule has 2 aromatic heterocycles. The molecule has 4 aromatic rings. The van der Waals surface area contributed by atoms with Crippen molar-refractivity contribution in [1.82, 2.24) is 14.8 Å². The lowest BCUT2D eigenvalue weighted by Crippen LogP contribution is -2.29. The monoisotopic (exact) mass is 635 g/mol. The minimum absolute atomic E-state index is 0.140. The quantitative estimate of drug-likeness (QED) is 0.140. The van der Waals surface area contributed by atoms with Crippen LogP contribution in [-0.4, -0.2) is 32.3 Å². The Hall–Kier alpha value is -4.42. The number of alkyl halides is 5. The molecule has 2 aromatic carbocycles. The Labute approximate surface area is 251 Å². The van der Waals surface area contributed by atoms with Gasteiger partial charge in [0.15, 0.2) is 17.3 Å². The van der Waals surface area contributed by atoms with E-state index in [0.29, 0.717) is 21.9 Å². The minimum Gasteiger partial charge on any atom is -0.298 e. The van der Waals surface area contributed by atoms with Crippen LogP contribution >= 0.6 is 0 Å². The maximum atomic E-state index is 14.3. The molecule has 0 unspecified atom stereocenters. The number of ketones is 2. The summed E-state index contributed by atoms with van der Waals surface area (Å²) in [4.78, 5) is 29.9. The van der Waals surface area contributed by atoms with Gasteiger partial charge in [-0.2, -0.15) is 18.3 Å². The number of hydrogen-bond donors (Lipinski definition) is 0. The van der Waals surface area contributed by atoms with E-state index in [2.05, 4.69) is 10.1 Å². The summed E-state index contributed by atoms with van der Waals surface area (Å²) < 4.78 is 113. The number of benzene rings is 2. The Morgan fingerprint density at radius 2 is 1.73 bits per heavy atom. The van der Waals surface area contributed by atoms with Crippen molar-refractivity contribution in [3.8, 4) is 11.1 Å². The average Bonchev–Trinajstić information content (AvgIpc) is 3.29. The fourth-order valence-corrected chi connectivity index (χ4v) is 5.73. The van der Waals surface area contributed by atoms with Crippen LogP contribution in [0.1, 0.15) is 64.2 Å². The van der Waals surface area contributed by atoms with Gasteiger partial charge in [-0.1, -0.05) is 12.1 Å². The van der Waals surface area contributed by atoms with E-state index in [0.717, 1.165) is 18.2 Å². The van der Waals surface area contributed by atoms with Crippen LogP contribution < -0.4 is 0 Å². The molecule has 5 rings (SSSR count). The van der Waals surface area contributed by atoms with Crippen LogP contribution in [0.4, 0.5) is 35.1 Å². The zero-order valence-electron chi connectivity index (χ0n) is 23.7. The van der Waals surface area contributed by atoms with Gasteiger partial charge < -0.3 is 0 Å². The van der Waals surface area contributed by atoms with Gasteiger partial charge in [-0.25, -0.2) is 22.0 Å². The standard InChI is InChI=1S/C32H25F8N3O2/c1-17(44)26-13-19(4-5-27(26)35)24-3-2-8-41-29(24)20(9-18-10-21(33)14-22(34)11-18)12-23(45)16-43-28-15-31(36,37)7-6-25(28)30(42-43)32(38,39)40/h2-5,8,10-11,13-14,20H,6-7,9,12,15-16H2,1H3/t20-/m1/s1. The van der Waals surface area contributed by atoms with Crippen LogP contribution in [0.5, 0.6) is 0 Å². The first-order valence-electron chi connectivity index (χ1n) is 13.9. The number of aromatic nitrogens is 3. The zero-order valence-corrected chi connectivity index (χ0v) is 23.7. The molecule has 5 nitrogen and oxygen atoms in total. The largest absolute Gasteiger partial charge is 0.435 e. The molecule has 0 N–H and O–H groups in total. The predicted molar refractivity (Wildman–Crippen MR) is 146 cm³/mol. The Morgan fingerprint density at radius 1 is 1.02 bits per heavy atom. The molecule has 45 heavy (non-hydrogen) atoms. The highest BCUT2D eigenvalue weighted by atomic mass is 19.4. The van der Waals surface area contributed by atoms with E-state index >= 15 is 0 Å². The van der Waals surface area contributed by atoms with Crippen molar-refractivity contribution in [2.75, 3.05) is 0 Å². The van der Waals surface area contributed by atoms with Crippen molar-refractivity contribution in [3.05, 3.63) is 106 Å². The van der Waals surface area contributed by atoms with Crippen LogP contribution in [-0.2, 0) is 36.8 Å². The van der Waals surface area contributed by atoms with Crippen LogP contribution in [0, 0.1) is 17.5 Å². The summed E-state index contributed by atoms with van der Waals surface area (Å²) in [6.07, 6.45) is -6.49. The van der Waals surface area contributed by atoms with Crippen LogP contribution in [0.15, 0.2) is 54.7 Å². The molecule has 1 aliphatic rings. The first-order chi connectivity index (χ1) is 21.1. The Bertz CT molecular complexity index is 1760. The SMILES string of the molecule is CC(=O)c1cc(-c2cccnc2[C@@H](CC(=O)Cn2nc(C(F)(F)F)c3c2CC(F)(F)CC3)Cc2cc(F)cc(F)c2)ccc1F. The molecule has 0 amide bonds. The second-order valence-corrected chi connectivity index (χ2v) is 11.1. The molecule has 0 aliphatic heterocycles. The van der Waals surface area contributed by atoms with E-state index in [-0.39, 0.29) is 34.5 Å². The van der Waals surface area contributed by atoms with Crippen LogP contribution in [0.3, 0.4) is 0 Å². The van der Waals surface area contributed by atoms with Gasteiger partial charge in [0.2, 0.25) is 0 Å². The lowest BCUT2D eigenvalue weighted by Gasteiger charge is -2.23. The molecule has 0 fully saturated rings. The Kier molecular flexibility index (Phi) is 8.65. The van der Waals surface area contributed by atoms with Crippen molar-refractivity contribution >= 4 is 11.6 Å². The van der Waals surface area contributed by atoms with Gasteiger partial charge in [0, 0.05) is 47.8 Å². The van der Waals surface area contributed by atoms with Crippen molar-refractivity contribution in [2.45, 2.75) is 63.6 Å². The highest BCUT2D eigenvalue weighted by Crippen LogP contribution is 2.40. The molecule has 13 heteroatoms. The van der Waals surface area contributed by atoms with Gasteiger partial charge in [-0.15, -0.1) is 0 Å². The van der Waals surface area contributed by atoms with E-state index in [1.165, 1.54) is 25.3 Å². The van der Waals surface area contributed by atoms with Crippen LogP contribution in [0.2, 0.25) is 0 Å². The minimum atomic E-state index is -4.92. The van der Waals surface area contributed by atoms with Crippen molar-refractivity contribution in [2.24, 2.45) is 0 Å². The number of halogens is 8. The third-order valence-electron chi connectivity index (χ3n) is 7.69. The molecule has 1 aliphatic carbocycles. The maximum absolute atomic E-state index is 14.3. The molecule has 0 radical (unpaired) electrons. The summed E-state index contributed by atoms with van der Waals surface area (Å²) in [5, 5.41) is 3.51. The molecule has 0 spiro atoms. The van der Waals surface area contributed by atoms with Gasteiger partial charge in [0.1, 0.15) is 17.5 Å². The molecular weight excluding hydrogens is 610 g/mol. The first kappa shape index (κ1) is 32.0. The number of Topliss-reactive ketones (excluding diaryl/α,β-unsaturated/α-hetero) is 2. The van der Waals surface area contributed by atoms with Gasteiger partial charge in [0.05, 0.1) is 24.2 Å². The average molecular weight is 636 g/mol. The van der Waals surface area contributed by atoms with E-state index in [1.807, 2.05) is 0 Å². The second kappa shape index (κ2) is 12.2. The number of pyridine rings is 1. The highest BCUT2D eigenvalue weighted by Gasteiger charge is 2.45. The number of carbonyl (C=O) groups is 2. The lowest BCUT2D eigenvalue weighted by molar-refractivity contribution is -0.142. The third kappa shape index (κ3) is 7.12. The second-order valence-electron chi connectivity index (χ2n) is 11.1. The normalized spacial score (nSPS) is 15.0. The van der Waals surface area contributed by atoms with Crippen molar-refractivity contribution in [3.63, 3.8) is 0 Å². The number of nitrogens with zero attached hydrogens (tertiary/aromatic N) is 3. The Balaban J connectivity index is 1.54. The summed E-state index contributed by atoms with van der Waals surface area (Å²) >= 11 is 0. The van der Waals surface area contributed by atoms with Gasteiger partial charge in [-0.3, -0.25) is 19.3 Å². The fraction of sp³-hybridized carbons (Fsp3) is 0.312. The first-order valence-corrected chi connectivity index (χ1v) is 13.9. The zero-order chi connectivity index (χ0) is 32.7. The van der Waals surface area contributed by atoms with Crippen molar-refractivity contribution < 1.29 is 44.7 Å². The van der Waals surface area contributed by atoms with E-state index in [1.54, 1.807) is 12.1 Å². The molecule has 2 heterocycles. The highest BCUT2D eigenvalue weighted by molar-refractivity contribution is 5.95. The summed E-state index contributed by atoms with van der Waals surface area (Å²) in [5.74, 6) is -7.99. The Morgan fingerprint density at radius 3 is 2.40 bits per heavy atom. The smallest absolute Gasteiger partial charge is 0.298 e. The van der Waals surface area contributed by atoms with Gasteiger partial charge in [-0.05, 0) is 61.2 Å². The number of rotatable bonds is 9. The van der Waals surface area contributed by atoms with Crippen LogP contribution in [0.25, 0.3) is 11.1 Å². The molecule has 0 saturated heterocycles. The predicted octanol–water partition coefficient (Wildman–Crippen LogP) is 7.69. The van der Waals surface area contributed by atoms with Gasteiger partial charge in [0.25, 0.3) is 5.92 Å². The van der Waals surface area contributed by atoms with Crippen molar-refractivity contribution in [1.29, 1.82) is 0 Å². The van der Waals surface area contributed by atoms with E-state index in [4.69, 9.17) is 0 Å². The molecule has 1 atom stereocenters. The van der Waals surface area contributed by atoms with E-state index in [9.17, 15) is 44.7 Å². The topological polar surface area (TPSA) is 64.8 Å². The molecule has 0 saturated carbocycles. The molecular formula is C32H25F8N3O2. The van der Waals surface area contributed by atoms with E-state index < -0.39 is 85.0 Å².